The summed E-state index contributed by atoms with van der Waals surface area (Å²) < 4.78 is 5.60. The summed E-state index contributed by atoms with van der Waals surface area (Å²) in [6.07, 6.45) is 1.78. The number of anilines is 1. The second-order valence-electron chi connectivity index (χ2n) is 4.92. The zero-order chi connectivity index (χ0) is 14.1. The van der Waals surface area contributed by atoms with Crippen LogP contribution in [0.4, 0.5) is 5.69 Å². The number of rotatable bonds is 2. The third-order valence-corrected chi connectivity index (χ3v) is 3.28. The van der Waals surface area contributed by atoms with E-state index in [4.69, 9.17) is 4.74 Å². The van der Waals surface area contributed by atoms with E-state index in [9.17, 15) is 4.79 Å². The normalized spacial score (nSPS) is 15.1. The lowest BCUT2D eigenvalue weighted by atomic mass is 10.1. The second kappa shape index (κ2) is 4.85. The highest BCUT2D eigenvalue weighted by Gasteiger charge is 2.26. The lowest BCUT2D eigenvalue weighted by Gasteiger charge is -2.11. The number of allylic oxidation sites excluding steroid dienone is 1. The van der Waals surface area contributed by atoms with Crippen LogP contribution in [0.1, 0.15) is 15.9 Å². The van der Waals surface area contributed by atoms with Crippen molar-refractivity contribution in [3.05, 3.63) is 65.4 Å². The molecule has 0 fully saturated rings. The fraction of sp³-hybridized carbons (Fsp3) is 0.118. The van der Waals surface area contributed by atoms with Crippen molar-refractivity contribution in [3.63, 3.8) is 0 Å². The van der Waals surface area contributed by atoms with Gasteiger partial charge >= 0.3 is 0 Å². The number of ketones is 1. The Hall–Kier alpha value is -2.55. The van der Waals surface area contributed by atoms with Crippen LogP contribution in [0.15, 0.2) is 54.3 Å². The van der Waals surface area contributed by atoms with E-state index in [0.717, 1.165) is 11.3 Å². The lowest BCUT2D eigenvalue weighted by Crippen LogP contribution is -2.08. The highest BCUT2D eigenvalue weighted by Crippen LogP contribution is 2.31. The van der Waals surface area contributed by atoms with Gasteiger partial charge in [0, 0.05) is 19.8 Å². The molecule has 1 heterocycles. The van der Waals surface area contributed by atoms with Crippen molar-refractivity contribution < 1.29 is 9.53 Å². The molecule has 2 aromatic rings. The summed E-state index contributed by atoms with van der Waals surface area (Å²) in [6.45, 7) is 0. The summed E-state index contributed by atoms with van der Waals surface area (Å²) in [4.78, 5) is 14.2. The van der Waals surface area contributed by atoms with E-state index in [1.165, 1.54) is 0 Å². The number of para-hydroxylation sites is 1. The van der Waals surface area contributed by atoms with Gasteiger partial charge < -0.3 is 9.64 Å². The van der Waals surface area contributed by atoms with Crippen LogP contribution in [-0.2, 0) is 0 Å². The van der Waals surface area contributed by atoms with Gasteiger partial charge in [0.15, 0.2) is 5.76 Å². The van der Waals surface area contributed by atoms with Crippen LogP contribution < -0.4 is 9.64 Å². The average Bonchev–Trinajstić information content (AvgIpc) is 2.77. The number of carbonyl (C=O) groups is 1. The molecule has 3 heteroatoms. The first kappa shape index (κ1) is 12.5. The molecule has 0 aromatic heterocycles. The summed E-state index contributed by atoms with van der Waals surface area (Å²) in [5.41, 5.74) is 2.70. The number of carbonyl (C=O) groups excluding carboxylic acids is 1. The van der Waals surface area contributed by atoms with Gasteiger partial charge in [-0.1, -0.05) is 24.3 Å². The standard InChI is InChI=1S/C17H15NO2/c1-18(2)13-9-7-12(8-10-13)11-16-17(19)14-5-3-4-6-15(14)20-16/h3-11H,1-2H3/b16-11+. The maximum Gasteiger partial charge on any atom is 0.231 e. The van der Waals surface area contributed by atoms with E-state index >= 15 is 0 Å². The summed E-state index contributed by atoms with van der Waals surface area (Å²) in [7, 11) is 3.99. The molecule has 3 nitrogen and oxygen atoms in total. The Bertz CT molecular complexity index is 684. The van der Waals surface area contributed by atoms with Crippen LogP contribution in [0.3, 0.4) is 0 Å². The van der Waals surface area contributed by atoms with Gasteiger partial charge in [-0.2, -0.15) is 0 Å². The van der Waals surface area contributed by atoms with E-state index in [1.54, 1.807) is 12.1 Å². The lowest BCUT2D eigenvalue weighted by molar-refractivity contribution is 0.101. The van der Waals surface area contributed by atoms with Gasteiger partial charge in [-0.25, -0.2) is 0 Å². The highest BCUT2D eigenvalue weighted by molar-refractivity contribution is 6.14. The average molecular weight is 265 g/mol. The van der Waals surface area contributed by atoms with Crippen molar-refractivity contribution in [2.24, 2.45) is 0 Å². The molecule has 1 aliphatic heterocycles. The Morgan fingerprint density at radius 2 is 1.70 bits per heavy atom. The van der Waals surface area contributed by atoms with Gasteiger partial charge in [-0.3, -0.25) is 4.79 Å². The number of ether oxygens (including phenoxy) is 1. The zero-order valence-corrected chi connectivity index (χ0v) is 11.5. The predicted octanol–water partition coefficient (Wildman–Crippen LogP) is 3.37. The van der Waals surface area contributed by atoms with Gasteiger partial charge in [0.1, 0.15) is 5.75 Å². The number of Topliss-reactive ketones (excluding diaryl/α,β-unsaturated/α-hetero) is 1. The van der Waals surface area contributed by atoms with Crippen molar-refractivity contribution in [1.29, 1.82) is 0 Å². The minimum atomic E-state index is -0.0581. The van der Waals surface area contributed by atoms with E-state index in [-0.39, 0.29) is 5.78 Å². The SMILES string of the molecule is CN(C)c1ccc(/C=C2/Oc3ccccc3C2=O)cc1. The smallest absolute Gasteiger partial charge is 0.231 e. The van der Waals surface area contributed by atoms with Crippen LogP contribution in [0.25, 0.3) is 6.08 Å². The number of fused-ring (bicyclic) bond motifs is 1. The Morgan fingerprint density at radius 1 is 1.00 bits per heavy atom. The van der Waals surface area contributed by atoms with Gasteiger partial charge in [-0.05, 0) is 35.9 Å². The Morgan fingerprint density at radius 3 is 2.35 bits per heavy atom. The number of hydrogen-bond acceptors (Lipinski definition) is 3. The zero-order valence-electron chi connectivity index (χ0n) is 11.5. The van der Waals surface area contributed by atoms with Crippen LogP contribution in [0, 0.1) is 0 Å². The van der Waals surface area contributed by atoms with E-state index in [0.29, 0.717) is 17.1 Å². The summed E-state index contributed by atoms with van der Waals surface area (Å²) in [6, 6.07) is 15.3. The maximum absolute atomic E-state index is 12.2. The summed E-state index contributed by atoms with van der Waals surface area (Å²) in [5.74, 6) is 0.953. The fourth-order valence-corrected chi connectivity index (χ4v) is 2.16. The minimum Gasteiger partial charge on any atom is -0.452 e. The van der Waals surface area contributed by atoms with Gasteiger partial charge in [-0.15, -0.1) is 0 Å². The van der Waals surface area contributed by atoms with Crippen LogP contribution in [0.2, 0.25) is 0 Å². The van der Waals surface area contributed by atoms with Gasteiger partial charge in [0.05, 0.1) is 5.56 Å². The van der Waals surface area contributed by atoms with E-state index in [1.807, 2.05) is 61.5 Å². The predicted molar refractivity (Wildman–Crippen MR) is 80.1 cm³/mol. The molecule has 0 atom stereocenters. The third kappa shape index (κ3) is 2.18. The van der Waals surface area contributed by atoms with Crippen LogP contribution in [0.5, 0.6) is 5.75 Å². The molecule has 100 valence electrons. The molecular weight excluding hydrogens is 250 g/mol. The molecule has 0 saturated carbocycles. The number of nitrogens with zero attached hydrogens (tertiary/aromatic N) is 1. The van der Waals surface area contributed by atoms with E-state index < -0.39 is 0 Å². The van der Waals surface area contributed by atoms with Crippen molar-refractivity contribution >= 4 is 17.5 Å². The molecule has 0 aliphatic carbocycles. The van der Waals surface area contributed by atoms with Crippen molar-refractivity contribution in [2.75, 3.05) is 19.0 Å². The fourth-order valence-electron chi connectivity index (χ4n) is 2.16. The number of hydrogen-bond donors (Lipinski definition) is 0. The molecule has 2 aromatic carbocycles. The maximum atomic E-state index is 12.2. The molecular formula is C17H15NO2. The molecule has 0 saturated heterocycles. The molecule has 0 radical (unpaired) electrons. The Kier molecular flexibility index (Phi) is 3.03. The third-order valence-electron chi connectivity index (χ3n) is 3.28. The van der Waals surface area contributed by atoms with Gasteiger partial charge in [0.25, 0.3) is 0 Å². The topological polar surface area (TPSA) is 29.5 Å². The molecule has 1 aliphatic rings. The second-order valence-corrected chi connectivity index (χ2v) is 4.92. The van der Waals surface area contributed by atoms with Crippen molar-refractivity contribution in [2.45, 2.75) is 0 Å². The quantitative estimate of drug-likeness (QED) is 0.780. The minimum absolute atomic E-state index is 0.0581. The summed E-state index contributed by atoms with van der Waals surface area (Å²) in [5, 5.41) is 0. The molecule has 0 unspecified atom stereocenters. The number of benzene rings is 2. The van der Waals surface area contributed by atoms with Gasteiger partial charge in [0.2, 0.25) is 5.78 Å². The molecule has 3 rings (SSSR count). The molecule has 0 spiro atoms. The Labute approximate surface area is 118 Å². The van der Waals surface area contributed by atoms with Crippen LogP contribution >= 0.6 is 0 Å². The largest absolute Gasteiger partial charge is 0.452 e. The molecule has 0 N–H and O–H groups in total. The van der Waals surface area contributed by atoms with Crippen molar-refractivity contribution in [1.82, 2.24) is 0 Å². The first-order valence-electron chi connectivity index (χ1n) is 6.46. The first-order chi connectivity index (χ1) is 9.65. The molecule has 0 bridgehead atoms. The Balaban J connectivity index is 1.89. The van der Waals surface area contributed by atoms with Crippen LogP contribution in [-0.4, -0.2) is 19.9 Å². The van der Waals surface area contributed by atoms with Crippen molar-refractivity contribution in [3.8, 4) is 5.75 Å². The monoisotopic (exact) mass is 265 g/mol. The summed E-state index contributed by atoms with van der Waals surface area (Å²) >= 11 is 0. The molecule has 20 heavy (non-hydrogen) atoms. The van der Waals surface area contributed by atoms with E-state index in [2.05, 4.69) is 0 Å². The first-order valence-corrected chi connectivity index (χ1v) is 6.46. The molecule has 0 amide bonds. The highest BCUT2D eigenvalue weighted by atomic mass is 16.5.